The molecule has 2 unspecified atom stereocenters. The molecule has 0 aromatic heterocycles. The first-order valence-electron chi connectivity index (χ1n) is 4.94. The predicted molar refractivity (Wildman–Crippen MR) is 61.1 cm³/mol. The van der Waals surface area contributed by atoms with Crippen LogP contribution >= 0.6 is 11.6 Å². The molecule has 1 aliphatic rings. The number of carbonyl (C=O) groups is 2. The number of nitrogens with two attached hydrogens (primary N) is 2. The van der Waals surface area contributed by atoms with Gasteiger partial charge in [-0.1, -0.05) is 23.7 Å². The van der Waals surface area contributed by atoms with Crippen LogP contribution < -0.4 is 11.5 Å². The van der Waals surface area contributed by atoms with Crippen LogP contribution in [0.5, 0.6) is 0 Å². The number of hydrogen-bond donors (Lipinski definition) is 2. The van der Waals surface area contributed by atoms with Crippen LogP contribution in [0.2, 0.25) is 5.02 Å². The average Bonchev–Trinajstić information content (AvgIpc) is 2.98. The van der Waals surface area contributed by atoms with Crippen LogP contribution in [0.3, 0.4) is 0 Å². The molecule has 0 spiro atoms. The normalized spacial score (nSPS) is 26.6. The van der Waals surface area contributed by atoms with E-state index in [1.54, 1.807) is 25.1 Å². The fourth-order valence-corrected chi connectivity index (χ4v) is 2.12. The largest absolute Gasteiger partial charge is 0.367 e. The monoisotopic (exact) mass is 254 g/mol. The molecule has 1 fully saturated rings. The summed E-state index contributed by atoms with van der Waals surface area (Å²) in [7, 11) is 0. The molecular weight excluding hydrogens is 244 g/mol. The molecule has 0 saturated carbocycles. The van der Waals surface area contributed by atoms with Gasteiger partial charge in [0.1, 0.15) is 0 Å². The van der Waals surface area contributed by atoms with E-state index in [0.29, 0.717) is 16.1 Å². The number of hydrogen-bond acceptors (Lipinski definition) is 3. The summed E-state index contributed by atoms with van der Waals surface area (Å²) in [6, 6.07) is 4.99. The van der Waals surface area contributed by atoms with E-state index in [2.05, 4.69) is 0 Å². The Hall–Kier alpha value is -1.59. The molecule has 5 nitrogen and oxygen atoms in total. The fourth-order valence-electron chi connectivity index (χ4n) is 1.94. The first kappa shape index (κ1) is 11.9. The minimum atomic E-state index is -1.46. The highest BCUT2D eigenvalue weighted by molar-refractivity contribution is 6.31. The standard InChI is InChI=1S/C11H11ClN2O3/c1-5-6(3-2-4-7(5)12)11(10(14)16)8(17-11)9(13)15/h2-4,8H,1H3,(H2,13,15)(H2,14,16). The average molecular weight is 255 g/mol. The molecule has 4 N–H and O–H groups in total. The molecular formula is C11H11ClN2O3. The van der Waals surface area contributed by atoms with Gasteiger partial charge in [-0.15, -0.1) is 0 Å². The van der Waals surface area contributed by atoms with E-state index in [4.69, 9.17) is 27.8 Å². The second kappa shape index (κ2) is 3.72. The van der Waals surface area contributed by atoms with Gasteiger partial charge in [-0.25, -0.2) is 0 Å². The van der Waals surface area contributed by atoms with Crippen molar-refractivity contribution in [1.29, 1.82) is 0 Å². The van der Waals surface area contributed by atoms with E-state index in [1.807, 2.05) is 0 Å². The Labute approximate surface area is 103 Å². The van der Waals surface area contributed by atoms with Crippen LogP contribution in [0, 0.1) is 6.92 Å². The molecule has 0 radical (unpaired) electrons. The van der Waals surface area contributed by atoms with Crippen molar-refractivity contribution in [2.24, 2.45) is 11.5 Å². The van der Waals surface area contributed by atoms with Gasteiger partial charge in [0.05, 0.1) is 0 Å². The maximum absolute atomic E-state index is 11.5. The van der Waals surface area contributed by atoms with Gasteiger partial charge >= 0.3 is 0 Å². The van der Waals surface area contributed by atoms with Gasteiger partial charge in [-0.2, -0.15) is 0 Å². The van der Waals surface area contributed by atoms with E-state index in [1.165, 1.54) is 0 Å². The number of ether oxygens (including phenoxy) is 1. The number of carbonyl (C=O) groups excluding carboxylic acids is 2. The number of benzene rings is 1. The summed E-state index contributed by atoms with van der Waals surface area (Å²) < 4.78 is 5.14. The second-order valence-corrected chi connectivity index (χ2v) is 4.32. The summed E-state index contributed by atoms with van der Waals surface area (Å²) in [6.07, 6.45) is -1.02. The first-order chi connectivity index (χ1) is 7.91. The smallest absolute Gasteiger partial charge is 0.257 e. The summed E-state index contributed by atoms with van der Waals surface area (Å²) in [6.45, 7) is 1.72. The number of rotatable bonds is 3. The zero-order chi connectivity index (χ0) is 12.8. The molecule has 2 amide bonds. The Morgan fingerprint density at radius 3 is 2.53 bits per heavy atom. The number of primary amides is 2. The number of epoxide rings is 1. The highest BCUT2D eigenvalue weighted by Gasteiger charge is 2.66. The van der Waals surface area contributed by atoms with Gasteiger partial charge in [0.15, 0.2) is 6.10 Å². The lowest BCUT2D eigenvalue weighted by molar-refractivity contribution is -0.124. The van der Waals surface area contributed by atoms with Crippen LogP contribution in [-0.4, -0.2) is 17.9 Å². The van der Waals surface area contributed by atoms with Gasteiger partial charge < -0.3 is 16.2 Å². The second-order valence-electron chi connectivity index (χ2n) is 3.91. The molecule has 2 rings (SSSR count). The number of amides is 2. The van der Waals surface area contributed by atoms with Crippen LogP contribution in [-0.2, 0) is 19.9 Å². The van der Waals surface area contributed by atoms with Crippen molar-refractivity contribution in [2.75, 3.05) is 0 Å². The van der Waals surface area contributed by atoms with E-state index < -0.39 is 23.5 Å². The van der Waals surface area contributed by atoms with Crippen LogP contribution in [0.25, 0.3) is 0 Å². The van der Waals surface area contributed by atoms with Gasteiger partial charge in [-0.3, -0.25) is 9.59 Å². The van der Waals surface area contributed by atoms with Gasteiger partial charge in [0, 0.05) is 10.6 Å². The first-order valence-corrected chi connectivity index (χ1v) is 5.31. The van der Waals surface area contributed by atoms with Crippen molar-refractivity contribution in [3.8, 4) is 0 Å². The minimum Gasteiger partial charge on any atom is -0.367 e. The van der Waals surface area contributed by atoms with E-state index in [0.717, 1.165) is 0 Å². The third kappa shape index (κ3) is 1.59. The predicted octanol–water partition coefficient (Wildman–Crippen LogP) is 0.213. The lowest BCUT2D eigenvalue weighted by Crippen LogP contribution is -2.36. The quantitative estimate of drug-likeness (QED) is 0.755. The maximum atomic E-state index is 11.5. The molecule has 0 bridgehead atoms. The number of halogens is 1. The van der Waals surface area contributed by atoms with Gasteiger partial charge in [0.2, 0.25) is 5.60 Å². The van der Waals surface area contributed by atoms with Crippen molar-refractivity contribution < 1.29 is 14.3 Å². The van der Waals surface area contributed by atoms with E-state index in [-0.39, 0.29) is 0 Å². The summed E-state index contributed by atoms with van der Waals surface area (Å²) in [5, 5.41) is 0.474. The topological polar surface area (TPSA) is 98.7 Å². The van der Waals surface area contributed by atoms with Crippen molar-refractivity contribution in [3.05, 3.63) is 34.3 Å². The van der Waals surface area contributed by atoms with E-state index >= 15 is 0 Å². The van der Waals surface area contributed by atoms with Gasteiger partial charge in [-0.05, 0) is 18.6 Å². The highest BCUT2D eigenvalue weighted by Crippen LogP contribution is 2.48. The third-order valence-electron chi connectivity index (χ3n) is 2.91. The summed E-state index contributed by atoms with van der Waals surface area (Å²) >= 11 is 5.96. The molecule has 1 aromatic carbocycles. The summed E-state index contributed by atoms with van der Waals surface area (Å²) in [5.41, 5.74) is 10.1. The Morgan fingerprint density at radius 1 is 1.41 bits per heavy atom. The molecule has 1 saturated heterocycles. The molecule has 0 aliphatic carbocycles. The SMILES string of the molecule is Cc1c(Cl)cccc1C1(C(N)=O)OC1C(N)=O. The fraction of sp³-hybridized carbons (Fsp3) is 0.273. The Bertz CT molecular complexity index is 517. The zero-order valence-corrected chi connectivity index (χ0v) is 9.82. The molecule has 2 atom stereocenters. The molecule has 17 heavy (non-hydrogen) atoms. The maximum Gasteiger partial charge on any atom is 0.257 e. The van der Waals surface area contributed by atoms with Crippen molar-refractivity contribution in [3.63, 3.8) is 0 Å². The van der Waals surface area contributed by atoms with Crippen LogP contribution in [0.15, 0.2) is 18.2 Å². The minimum absolute atomic E-state index is 0.474. The van der Waals surface area contributed by atoms with Gasteiger partial charge in [0.25, 0.3) is 11.8 Å². The molecule has 1 heterocycles. The van der Waals surface area contributed by atoms with Crippen molar-refractivity contribution in [2.45, 2.75) is 18.6 Å². The van der Waals surface area contributed by atoms with Crippen molar-refractivity contribution >= 4 is 23.4 Å². The highest BCUT2D eigenvalue weighted by atomic mass is 35.5. The Morgan fingerprint density at radius 2 is 2.06 bits per heavy atom. The molecule has 90 valence electrons. The lowest BCUT2D eigenvalue weighted by atomic mass is 9.90. The lowest BCUT2D eigenvalue weighted by Gasteiger charge is -2.12. The Balaban J connectivity index is 2.54. The third-order valence-corrected chi connectivity index (χ3v) is 3.32. The van der Waals surface area contributed by atoms with E-state index in [9.17, 15) is 9.59 Å². The van der Waals surface area contributed by atoms with Crippen LogP contribution in [0.1, 0.15) is 11.1 Å². The zero-order valence-electron chi connectivity index (χ0n) is 9.07. The molecule has 1 aliphatic heterocycles. The molecule has 6 heteroatoms. The van der Waals surface area contributed by atoms with Crippen LogP contribution in [0.4, 0.5) is 0 Å². The summed E-state index contributed by atoms with van der Waals surface area (Å²) in [4.78, 5) is 22.6. The Kier molecular flexibility index (Phi) is 2.60. The van der Waals surface area contributed by atoms with Crippen molar-refractivity contribution in [1.82, 2.24) is 0 Å². The molecule has 1 aromatic rings. The summed E-state index contributed by atoms with van der Waals surface area (Å²) in [5.74, 6) is -1.46.